The lowest BCUT2D eigenvalue weighted by atomic mass is 10.0. The van der Waals surface area contributed by atoms with E-state index < -0.39 is 4.92 Å². The van der Waals surface area contributed by atoms with E-state index in [4.69, 9.17) is 5.11 Å². The molecule has 1 amide bonds. The molecule has 1 aromatic carbocycles. The smallest absolute Gasteiger partial charge is 0.270 e. The van der Waals surface area contributed by atoms with Crippen molar-refractivity contribution < 1.29 is 14.8 Å². The van der Waals surface area contributed by atoms with Crippen LogP contribution in [0.5, 0.6) is 0 Å². The first-order valence-electron chi connectivity index (χ1n) is 7.21. The lowest BCUT2D eigenvalue weighted by molar-refractivity contribution is -0.384. The van der Waals surface area contributed by atoms with Gasteiger partial charge in [-0.1, -0.05) is 6.07 Å². The molecule has 0 saturated carbocycles. The van der Waals surface area contributed by atoms with Crippen LogP contribution in [0.2, 0.25) is 0 Å². The van der Waals surface area contributed by atoms with E-state index in [1.54, 1.807) is 17.9 Å². The van der Waals surface area contributed by atoms with E-state index in [1.165, 1.54) is 12.1 Å². The molecule has 0 spiro atoms. The Morgan fingerprint density at radius 1 is 1.52 bits per heavy atom. The van der Waals surface area contributed by atoms with E-state index in [0.717, 1.165) is 24.8 Å². The van der Waals surface area contributed by atoms with Gasteiger partial charge in [0.15, 0.2) is 0 Å². The summed E-state index contributed by atoms with van der Waals surface area (Å²) in [6.45, 7) is 2.58. The van der Waals surface area contributed by atoms with Gasteiger partial charge in [-0.05, 0) is 38.2 Å². The summed E-state index contributed by atoms with van der Waals surface area (Å²) in [5, 5.41) is 19.8. The molecule has 0 radical (unpaired) electrons. The molecule has 114 valence electrons. The van der Waals surface area contributed by atoms with Crippen LogP contribution >= 0.6 is 0 Å². The Balaban J connectivity index is 2.22. The minimum Gasteiger partial charge on any atom is -0.396 e. The number of nitro benzene ring substituents is 1. The number of carbonyl (C=O) groups excluding carboxylic acids is 1. The lowest BCUT2D eigenvalue weighted by Crippen LogP contribution is -2.36. The number of aryl methyl sites for hydroxylation is 1. The fourth-order valence-corrected chi connectivity index (χ4v) is 2.84. The van der Waals surface area contributed by atoms with Gasteiger partial charge in [0.1, 0.15) is 0 Å². The highest BCUT2D eigenvalue weighted by Crippen LogP contribution is 2.26. The molecule has 1 fully saturated rings. The highest BCUT2D eigenvalue weighted by molar-refractivity contribution is 5.96. The maximum Gasteiger partial charge on any atom is 0.270 e. The molecule has 1 N–H and O–H groups in total. The number of nitro groups is 1. The Bertz CT molecular complexity index is 544. The number of nitrogens with zero attached hydrogens (tertiary/aromatic N) is 2. The number of amides is 1. The number of hydrogen-bond donors (Lipinski definition) is 1. The van der Waals surface area contributed by atoms with E-state index in [1.807, 2.05) is 0 Å². The van der Waals surface area contributed by atoms with E-state index >= 15 is 0 Å². The van der Waals surface area contributed by atoms with Crippen molar-refractivity contribution >= 4 is 11.6 Å². The summed E-state index contributed by atoms with van der Waals surface area (Å²) in [6, 6.07) is 4.52. The third-order valence-electron chi connectivity index (χ3n) is 4.00. The van der Waals surface area contributed by atoms with Crippen molar-refractivity contribution in [1.82, 2.24) is 4.90 Å². The number of likely N-dealkylation sites (tertiary alicyclic amines) is 1. The Kier molecular flexibility index (Phi) is 4.90. The lowest BCUT2D eigenvalue weighted by Gasteiger charge is -2.25. The summed E-state index contributed by atoms with van der Waals surface area (Å²) in [5.41, 5.74) is 1.09. The third-order valence-corrected chi connectivity index (χ3v) is 4.00. The van der Waals surface area contributed by atoms with E-state index in [-0.39, 0.29) is 24.2 Å². The minimum absolute atomic E-state index is 0.0601. The van der Waals surface area contributed by atoms with E-state index in [0.29, 0.717) is 18.5 Å². The second-order valence-corrected chi connectivity index (χ2v) is 5.42. The molecule has 1 heterocycles. The predicted octanol–water partition coefficient (Wildman–Crippen LogP) is 2.28. The second kappa shape index (κ2) is 6.67. The van der Waals surface area contributed by atoms with Crippen molar-refractivity contribution in [2.45, 2.75) is 38.6 Å². The average Bonchev–Trinajstić information content (AvgIpc) is 2.93. The van der Waals surface area contributed by atoms with Crippen LogP contribution in [0.3, 0.4) is 0 Å². The molecule has 6 heteroatoms. The number of carbonyl (C=O) groups is 1. The molecule has 1 saturated heterocycles. The topological polar surface area (TPSA) is 83.7 Å². The Morgan fingerprint density at radius 2 is 2.29 bits per heavy atom. The second-order valence-electron chi connectivity index (χ2n) is 5.42. The number of rotatable bonds is 5. The van der Waals surface area contributed by atoms with E-state index in [9.17, 15) is 14.9 Å². The molecule has 21 heavy (non-hydrogen) atoms. The van der Waals surface area contributed by atoms with Crippen LogP contribution < -0.4 is 0 Å². The van der Waals surface area contributed by atoms with Gasteiger partial charge in [-0.25, -0.2) is 0 Å². The van der Waals surface area contributed by atoms with Gasteiger partial charge in [0.25, 0.3) is 11.6 Å². The quantitative estimate of drug-likeness (QED) is 0.666. The van der Waals surface area contributed by atoms with Gasteiger partial charge in [-0.15, -0.1) is 0 Å². The fraction of sp³-hybridized carbons (Fsp3) is 0.533. The molecule has 1 unspecified atom stereocenters. The number of aliphatic hydroxyl groups is 1. The monoisotopic (exact) mass is 292 g/mol. The summed E-state index contributed by atoms with van der Waals surface area (Å²) in [5.74, 6) is -0.142. The number of benzene rings is 1. The summed E-state index contributed by atoms with van der Waals surface area (Å²) in [7, 11) is 0. The first-order chi connectivity index (χ1) is 10.0. The van der Waals surface area contributed by atoms with Crippen LogP contribution in [0.25, 0.3) is 0 Å². The highest BCUT2D eigenvalue weighted by Gasteiger charge is 2.30. The molecular weight excluding hydrogens is 272 g/mol. The average molecular weight is 292 g/mol. The number of hydrogen-bond acceptors (Lipinski definition) is 4. The van der Waals surface area contributed by atoms with Gasteiger partial charge in [-0.2, -0.15) is 0 Å². The van der Waals surface area contributed by atoms with E-state index in [2.05, 4.69) is 0 Å². The van der Waals surface area contributed by atoms with Crippen molar-refractivity contribution in [3.8, 4) is 0 Å². The Morgan fingerprint density at radius 3 is 2.95 bits per heavy atom. The van der Waals surface area contributed by atoms with Crippen molar-refractivity contribution in [3.05, 3.63) is 39.4 Å². The molecule has 1 aliphatic rings. The Labute approximate surface area is 123 Å². The summed E-state index contributed by atoms with van der Waals surface area (Å²) in [6.07, 6.45) is 3.31. The van der Waals surface area contributed by atoms with Gasteiger partial charge >= 0.3 is 0 Å². The fourth-order valence-electron chi connectivity index (χ4n) is 2.84. The van der Waals surface area contributed by atoms with Crippen molar-refractivity contribution in [1.29, 1.82) is 0 Å². The summed E-state index contributed by atoms with van der Waals surface area (Å²) >= 11 is 0. The largest absolute Gasteiger partial charge is 0.396 e. The molecule has 6 nitrogen and oxygen atoms in total. The maximum absolute atomic E-state index is 12.7. The van der Waals surface area contributed by atoms with Crippen molar-refractivity contribution in [3.63, 3.8) is 0 Å². The van der Waals surface area contributed by atoms with Gasteiger partial charge in [0.2, 0.25) is 0 Å². The van der Waals surface area contributed by atoms with Crippen LogP contribution in [0.1, 0.15) is 41.6 Å². The zero-order valence-corrected chi connectivity index (χ0v) is 12.1. The number of aliphatic hydroxyl groups excluding tert-OH is 1. The zero-order valence-electron chi connectivity index (χ0n) is 12.1. The van der Waals surface area contributed by atoms with Crippen LogP contribution in [0.4, 0.5) is 5.69 Å². The molecule has 2 rings (SSSR count). The van der Waals surface area contributed by atoms with Crippen molar-refractivity contribution in [2.24, 2.45) is 0 Å². The molecule has 0 aromatic heterocycles. The number of non-ortho nitro benzene ring substituents is 1. The molecule has 1 aliphatic heterocycles. The van der Waals surface area contributed by atoms with Gasteiger partial charge in [-0.3, -0.25) is 14.9 Å². The van der Waals surface area contributed by atoms with Crippen LogP contribution in [-0.2, 0) is 0 Å². The molecule has 1 aromatic rings. The predicted molar refractivity (Wildman–Crippen MR) is 78.2 cm³/mol. The molecule has 0 aliphatic carbocycles. The Hall–Kier alpha value is -1.95. The van der Waals surface area contributed by atoms with Gasteiger partial charge < -0.3 is 10.0 Å². The maximum atomic E-state index is 12.7. The highest BCUT2D eigenvalue weighted by atomic mass is 16.6. The van der Waals surface area contributed by atoms with Gasteiger partial charge in [0.05, 0.1) is 4.92 Å². The third kappa shape index (κ3) is 3.39. The van der Waals surface area contributed by atoms with Crippen LogP contribution in [-0.4, -0.2) is 40.0 Å². The first-order valence-corrected chi connectivity index (χ1v) is 7.21. The molecule has 0 bridgehead atoms. The van der Waals surface area contributed by atoms with Crippen molar-refractivity contribution in [2.75, 3.05) is 13.2 Å². The van der Waals surface area contributed by atoms with Crippen LogP contribution in [0.15, 0.2) is 18.2 Å². The summed E-state index contributed by atoms with van der Waals surface area (Å²) < 4.78 is 0. The molecule has 1 atom stereocenters. The SMILES string of the molecule is Cc1ccc([N+](=O)[O-])cc1C(=O)N1CCCC1CCCO. The molecular formula is C15H20N2O4. The summed E-state index contributed by atoms with van der Waals surface area (Å²) in [4.78, 5) is 24.8. The van der Waals surface area contributed by atoms with Crippen LogP contribution in [0, 0.1) is 17.0 Å². The normalized spacial score (nSPS) is 18.0. The standard InChI is InChI=1S/C15H20N2O4/c1-11-6-7-13(17(20)21)10-14(11)15(19)16-8-2-4-12(16)5-3-9-18/h6-7,10,12,18H,2-5,8-9H2,1H3. The minimum atomic E-state index is -0.483. The van der Waals surface area contributed by atoms with Gasteiger partial charge in [0, 0.05) is 36.9 Å². The first kappa shape index (κ1) is 15.4. The zero-order chi connectivity index (χ0) is 15.4.